The molecular formula is C25H22N4O6. The summed E-state index contributed by atoms with van der Waals surface area (Å²) in [5.74, 6) is -1.67. The predicted octanol–water partition coefficient (Wildman–Crippen LogP) is 3.09. The molecule has 0 bridgehead atoms. The SMILES string of the molecule is O=C(/C=C/c1ccc([N+](=O)[O-])cc1)NC(Cc1ccccc1)C(=O)Nc1ccc(C(=O)NO)cc1. The van der Waals surface area contributed by atoms with Gasteiger partial charge in [-0.1, -0.05) is 30.3 Å². The molecule has 0 aliphatic heterocycles. The van der Waals surface area contributed by atoms with Crippen LogP contribution in [0, 0.1) is 10.1 Å². The number of benzene rings is 3. The van der Waals surface area contributed by atoms with Gasteiger partial charge in [0.15, 0.2) is 0 Å². The van der Waals surface area contributed by atoms with Crippen LogP contribution in [-0.2, 0) is 16.0 Å². The molecule has 0 radical (unpaired) electrons. The van der Waals surface area contributed by atoms with Gasteiger partial charge in [0.25, 0.3) is 11.6 Å². The highest BCUT2D eigenvalue weighted by atomic mass is 16.6. The molecule has 0 spiro atoms. The van der Waals surface area contributed by atoms with Crippen LogP contribution in [0.25, 0.3) is 6.08 Å². The number of anilines is 1. The Balaban J connectivity index is 1.71. The Labute approximate surface area is 200 Å². The van der Waals surface area contributed by atoms with Crippen LogP contribution in [0.1, 0.15) is 21.5 Å². The van der Waals surface area contributed by atoms with Crippen molar-refractivity contribution in [2.24, 2.45) is 0 Å². The van der Waals surface area contributed by atoms with Gasteiger partial charge in [0.2, 0.25) is 11.8 Å². The van der Waals surface area contributed by atoms with E-state index in [0.29, 0.717) is 11.3 Å². The van der Waals surface area contributed by atoms with E-state index in [9.17, 15) is 24.5 Å². The Bertz CT molecular complexity index is 1230. The van der Waals surface area contributed by atoms with E-state index in [1.807, 2.05) is 30.3 Å². The van der Waals surface area contributed by atoms with Crippen molar-refractivity contribution in [3.8, 4) is 0 Å². The summed E-state index contributed by atoms with van der Waals surface area (Å²) < 4.78 is 0. The normalized spacial score (nSPS) is 11.5. The molecule has 1 atom stereocenters. The minimum absolute atomic E-state index is 0.0591. The molecule has 35 heavy (non-hydrogen) atoms. The van der Waals surface area contributed by atoms with E-state index in [0.717, 1.165) is 5.56 Å². The Hall–Kier alpha value is -4.83. The largest absolute Gasteiger partial charge is 0.340 e. The zero-order valence-corrected chi connectivity index (χ0v) is 18.4. The monoisotopic (exact) mass is 474 g/mol. The maximum absolute atomic E-state index is 13.0. The predicted molar refractivity (Wildman–Crippen MR) is 129 cm³/mol. The Morgan fingerprint density at radius 3 is 2.20 bits per heavy atom. The summed E-state index contributed by atoms with van der Waals surface area (Å²) in [6.45, 7) is 0. The molecule has 0 saturated carbocycles. The molecule has 0 aliphatic rings. The molecular weight excluding hydrogens is 452 g/mol. The summed E-state index contributed by atoms with van der Waals surface area (Å²) in [6, 6.07) is 19.8. The smallest absolute Gasteiger partial charge is 0.274 e. The highest BCUT2D eigenvalue weighted by molar-refractivity contribution is 6.00. The summed E-state index contributed by atoms with van der Waals surface area (Å²) in [6.07, 6.45) is 2.96. The molecule has 10 nitrogen and oxygen atoms in total. The second kappa shape index (κ2) is 11.9. The standard InChI is InChI=1S/C25H22N4O6/c30-23(15-8-17-6-13-21(14-7-17)29(34)35)27-22(16-18-4-2-1-3-5-18)25(32)26-20-11-9-19(10-12-20)24(31)28-33/h1-15,22,33H,16H2,(H,26,32)(H,27,30)(H,28,31)/b15-8+. The Kier molecular flexibility index (Phi) is 8.41. The van der Waals surface area contributed by atoms with Gasteiger partial charge in [-0.3, -0.25) is 29.7 Å². The molecule has 0 aromatic heterocycles. The fourth-order valence-corrected chi connectivity index (χ4v) is 3.16. The Morgan fingerprint density at radius 1 is 0.943 bits per heavy atom. The van der Waals surface area contributed by atoms with Crippen LogP contribution in [0.3, 0.4) is 0 Å². The number of carbonyl (C=O) groups is 3. The molecule has 10 heteroatoms. The number of nitro benzene ring substituents is 1. The fraction of sp³-hybridized carbons (Fsp3) is 0.0800. The lowest BCUT2D eigenvalue weighted by molar-refractivity contribution is -0.384. The number of amides is 3. The van der Waals surface area contributed by atoms with Gasteiger partial charge in [0.1, 0.15) is 6.04 Å². The van der Waals surface area contributed by atoms with E-state index in [-0.39, 0.29) is 17.7 Å². The summed E-state index contributed by atoms with van der Waals surface area (Å²) in [7, 11) is 0. The first-order chi connectivity index (χ1) is 16.9. The number of nitrogens with one attached hydrogen (secondary N) is 3. The number of nitrogens with zero attached hydrogens (tertiary/aromatic N) is 1. The number of carbonyl (C=O) groups excluding carboxylic acids is 3. The van der Waals surface area contributed by atoms with Crippen molar-refractivity contribution in [2.75, 3.05) is 5.32 Å². The van der Waals surface area contributed by atoms with Crippen molar-refractivity contribution in [2.45, 2.75) is 12.5 Å². The van der Waals surface area contributed by atoms with Crippen molar-refractivity contribution >= 4 is 35.2 Å². The lowest BCUT2D eigenvalue weighted by Crippen LogP contribution is -2.44. The van der Waals surface area contributed by atoms with Crippen LogP contribution in [0.15, 0.2) is 84.9 Å². The van der Waals surface area contributed by atoms with Gasteiger partial charge in [0.05, 0.1) is 4.92 Å². The van der Waals surface area contributed by atoms with E-state index in [1.54, 1.807) is 0 Å². The van der Waals surface area contributed by atoms with Crippen molar-refractivity contribution in [1.29, 1.82) is 0 Å². The topological polar surface area (TPSA) is 151 Å². The highest BCUT2D eigenvalue weighted by Crippen LogP contribution is 2.14. The van der Waals surface area contributed by atoms with Gasteiger partial charge >= 0.3 is 0 Å². The lowest BCUT2D eigenvalue weighted by atomic mass is 10.0. The number of nitro groups is 1. The van der Waals surface area contributed by atoms with Gasteiger partial charge in [0, 0.05) is 35.9 Å². The first kappa shape index (κ1) is 24.8. The van der Waals surface area contributed by atoms with Crippen LogP contribution < -0.4 is 16.1 Å². The van der Waals surface area contributed by atoms with Crippen LogP contribution >= 0.6 is 0 Å². The molecule has 0 aliphatic carbocycles. The van der Waals surface area contributed by atoms with Gasteiger partial charge in [-0.05, 0) is 53.6 Å². The fourth-order valence-electron chi connectivity index (χ4n) is 3.16. The lowest BCUT2D eigenvalue weighted by Gasteiger charge is -2.18. The first-order valence-corrected chi connectivity index (χ1v) is 10.5. The van der Waals surface area contributed by atoms with E-state index >= 15 is 0 Å². The second-order valence-corrected chi connectivity index (χ2v) is 7.44. The molecule has 0 fully saturated rings. The van der Waals surface area contributed by atoms with Crippen molar-refractivity contribution < 1.29 is 24.5 Å². The van der Waals surface area contributed by atoms with Gasteiger partial charge in [-0.25, -0.2) is 5.48 Å². The van der Waals surface area contributed by atoms with Gasteiger partial charge in [-0.2, -0.15) is 0 Å². The molecule has 0 saturated heterocycles. The highest BCUT2D eigenvalue weighted by Gasteiger charge is 2.21. The van der Waals surface area contributed by atoms with Crippen LogP contribution in [0.2, 0.25) is 0 Å². The summed E-state index contributed by atoms with van der Waals surface area (Å²) >= 11 is 0. The maximum Gasteiger partial charge on any atom is 0.274 e. The van der Waals surface area contributed by atoms with E-state index in [4.69, 9.17) is 5.21 Å². The van der Waals surface area contributed by atoms with Crippen molar-refractivity contribution in [3.63, 3.8) is 0 Å². The van der Waals surface area contributed by atoms with Crippen LogP contribution in [-0.4, -0.2) is 33.9 Å². The third kappa shape index (κ3) is 7.34. The molecule has 178 valence electrons. The summed E-state index contributed by atoms with van der Waals surface area (Å²) in [5, 5.41) is 24.9. The average Bonchev–Trinajstić information content (AvgIpc) is 2.88. The summed E-state index contributed by atoms with van der Waals surface area (Å²) in [5.41, 5.74) is 3.50. The van der Waals surface area contributed by atoms with Gasteiger partial charge in [-0.15, -0.1) is 0 Å². The molecule has 0 heterocycles. The van der Waals surface area contributed by atoms with E-state index in [2.05, 4.69) is 10.6 Å². The zero-order valence-electron chi connectivity index (χ0n) is 18.4. The molecule has 3 aromatic carbocycles. The minimum atomic E-state index is -0.910. The molecule has 3 rings (SSSR count). The molecule has 1 unspecified atom stereocenters. The van der Waals surface area contributed by atoms with Crippen LogP contribution in [0.4, 0.5) is 11.4 Å². The minimum Gasteiger partial charge on any atom is -0.340 e. The van der Waals surface area contributed by atoms with Crippen molar-refractivity contribution in [1.82, 2.24) is 10.8 Å². The maximum atomic E-state index is 13.0. The Morgan fingerprint density at radius 2 is 1.60 bits per heavy atom. The second-order valence-electron chi connectivity index (χ2n) is 7.44. The van der Waals surface area contributed by atoms with E-state index < -0.39 is 28.7 Å². The van der Waals surface area contributed by atoms with Crippen molar-refractivity contribution in [3.05, 3.63) is 112 Å². The number of hydrogen-bond acceptors (Lipinski definition) is 6. The summed E-state index contributed by atoms with van der Waals surface area (Å²) in [4.78, 5) is 47.2. The number of rotatable bonds is 9. The first-order valence-electron chi connectivity index (χ1n) is 10.5. The third-order valence-electron chi connectivity index (χ3n) is 4.96. The molecule has 4 N–H and O–H groups in total. The van der Waals surface area contributed by atoms with E-state index in [1.165, 1.54) is 66.2 Å². The quantitative estimate of drug-likeness (QED) is 0.162. The van der Waals surface area contributed by atoms with Gasteiger partial charge < -0.3 is 10.6 Å². The zero-order chi connectivity index (χ0) is 25.2. The number of non-ortho nitro benzene ring substituents is 1. The third-order valence-corrected chi connectivity index (χ3v) is 4.96. The van der Waals surface area contributed by atoms with Crippen LogP contribution in [0.5, 0.6) is 0 Å². The average molecular weight is 474 g/mol. The molecule has 3 aromatic rings. The molecule has 3 amide bonds. The number of hydrogen-bond donors (Lipinski definition) is 4. The number of hydroxylamine groups is 1.